The second-order valence-electron chi connectivity index (χ2n) is 3.72. The molecule has 0 aliphatic heterocycles. The second-order valence-corrected chi connectivity index (χ2v) is 3.72. The summed E-state index contributed by atoms with van der Waals surface area (Å²) in [4.78, 5) is 0. The van der Waals surface area contributed by atoms with Crippen molar-refractivity contribution in [2.24, 2.45) is 0 Å². The molecule has 0 bridgehead atoms. The predicted molar refractivity (Wildman–Crippen MR) is 67.3 cm³/mol. The maximum absolute atomic E-state index is 8.57. The number of nitrogens with zero attached hydrogens (tertiary/aromatic N) is 1. The molecule has 1 rings (SSSR count). The molecule has 0 spiro atoms. The summed E-state index contributed by atoms with van der Waals surface area (Å²) in [6.45, 7) is 5.33. The zero-order valence-electron chi connectivity index (χ0n) is 10.5. The van der Waals surface area contributed by atoms with E-state index < -0.39 is 0 Å². The molecule has 0 atom stereocenters. The first-order valence-electron chi connectivity index (χ1n) is 6.07. The van der Waals surface area contributed by atoms with Gasteiger partial charge in [-0.25, -0.2) is 0 Å². The molecule has 0 unspecified atom stereocenters. The van der Waals surface area contributed by atoms with Gasteiger partial charge in [-0.15, -0.1) is 0 Å². The van der Waals surface area contributed by atoms with Gasteiger partial charge in [0.2, 0.25) is 0 Å². The maximum Gasteiger partial charge on any atom is 0.161 e. The lowest BCUT2D eigenvalue weighted by Crippen LogP contribution is -2.00. The molecule has 1 aromatic carbocycles. The minimum absolute atomic E-state index is 0.529. The lowest BCUT2D eigenvalue weighted by Gasteiger charge is -2.12. The Hall–Kier alpha value is -1.69. The highest BCUT2D eigenvalue weighted by Crippen LogP contribution is 2.29. The van der Waals surface area contributed by atoms with Crippen molar-refractivity contribution in [3.05, 3.63) is 23.8 Å². The lowest BCUT2D eigenvalue weighted by atomic mass is 10.1. The Morgan fingerprint density at radius 1 is 1.18 bits per heavy atom. The number of hydrogen-bond donors (Lipinski definition) is 0. The second kappa shape index (κ2) is 7.56. The van der Waals surface area contributed by atoms with Crippen molar-refractivity contribution in [1.82, 2.24) is 0 Å². The van der Waals surface area contributed by atoms with Gasteiger partial charge < -0.3 is 9.47 Å². The van der Waals surface area contributed by atoms with Gasteiger partial charge in [0.1, 0.15) is 0 Å². The summed E-state index contributed by atoms with van der Waals surface area (Å²) < 4.78 is 11.2. The number of nitriles is 1. The highest BCUT2D eigenvalue weighted by Gasteiger charge is 2.06. The van der Waals surface area contributed by atoms with Gasteiger partial charge in [-0.05, 0) is 37.5 Å². The molecule has 0 heterocycles. The molecule has 0 aliphatic rings. The van der Waals surface area contributed by atoms with E-state index in [2.05, 4.69) is 13.0 Å². The number of benzene rings is 1. The van der Waals surface area contributed by atoms with Gasteiger partial charge in [-0.1, -0.05) is 13.0 Å². The fraction of sp³-hybridized carbons (Fsp3) is 0.500. The quantitative estimate of drug-likeness (QED) is 0.725. The van der Waals surface area contributed by atoms with Crippen molar-refractivity contribution in [1.29, 1.82) is 5.26 Å². The summed E-state index contributed by atoms with van der Waals surface area (Å²) >= 11 is 0. The fourth-order valence-corrected chi connectivity index (χ4v) is 1.51. The van der Waals surface area contributed by atoms with E-state index in [-0.39, 0.29) is 0 Å². The summed E-state index contributed by atoms with van der Waals surface area (Å²) in [6, 6.07) is 8.02. The zero-order valence-corrected chi connectivity index (χ0v) is 10.5. The van der Waals surface area contributed by atoms with Crippen LogP contribution >= 0.6 is 0 Å². The maximum atomic E-state index is 8.57. The molecule has 0 N–H and O–H groups in total. The zero-order chi connectivity index (χ0) is 12.5. The van der Waals surface area contributed by atoms with E-state index in [0.29, 0.717) is 19.6 Å². The first kappa shape index (κ1) is 13.4. The molecule has 0 aliphatic carbocycles. The molecule has 1 aromatic rings. The third-order valence-electron chi connectivity index (χ3n) is 2.30. The summed E-state index contributed by atoms with van der Waals surface area (Å²) in [7, 11) is 0. The van der Waals surface area contributed by atoms with E-state index in [1.165, 1.54) is 0 Å². The molecule has 0 amide bonds. The van der Waals surface area contributed by atoms with Crippen LogP contribution in [0.4, 0.5) is 0 Å². The SMILES string of the molecule is CCCOc1ccc(CCC#N)cc1OCC. The average molecular weight is 233 g/mol. The average Bonchev–Trinajstić information content (AvgIpc) is 2.35. The largest absolute Gasteiger partial charge is 0.490 e. The number of ether oxygens (including phenoxy) is 2. The number of rotatable bonds is 7. The highest BCUT2D eigenvalue weighted by molar-refractivity contribution is 5.43. The van der Waals surface area contributed by atoms with Gasteiger partial charge in [-0.3, -0.25) is 0 Å². The topological polar surface area (TPSA) is 42.2 Å². The molecular weight excluding hydrogens is 214 g/mol. The van der Waals surface area contributed by atoms with Crippen LogP contribution in [0.1, 0.15) is 32.3 Å². The van der Waals surface area contributed by atoms with Gasteiger partial charge in [0.05, 0.1) is 19.3 Å². The third kappa shape index (κ3) is 4.36. The van der Waals surface area contributed by atoms with E-state index in [1.54, 1.807) is 0 Å². The summed E-state index contributed by atoms with van der Waals surface area (Å²) in [5.41, 5.74) is 1.11. The molecule has 0 saturated heterocycles. The molecule has 0 saturated carbocycles. The standard InChI is InChI=1S/C14H19NO2/c1-3-10-17-13-8-7-12(6-5-9-15)11-14(13)16-4-2/h7-8,11H,3-6,10H2,1-2H3. The third-order valence-corrected chi connectivity index (χ3v) is 2.30. The van der Waals surface area contributed by atoms with E-state index >= 15 is 0 Å². The minimum atomic E-state index is 0.529. The normalized spacial score (nSPS) is 9.71. The van der Waals surface area contributed by atoms with Crippen LogP contribution in [-0.2, 0) is 6.42 Å². The van der Waals surface area contributed by atoms with Crippen LogP contribution in [0.25, 0.3) is 0 Å². The van der Waals surface area contributed by atoms with Crippen LogP contribution in [0.2, 0.25) is 0 Å². The van der Waals surface area contributed by atoms with Crippen LogP contribution < -0.4 is 9.47 Å². The van der Waals surface area contributed by atoms with Crippen molar-refractivity contribution >= 4 is 0 Å². The van der Waals surface area contributed by atoms with Gasteiger partial charge in [0.25, 0.3) is 0 Å². The molecular formula is C14H19NO2. The van der Waals surface area contributed by atoms with Crippen molar-refractivity contribution in [3.63, 3.8) is 0 Å². The summed E-state index contributed by atoms with van der Waals surface area (Å²) in [5.74, 6) is 1.56. The highest BCUT2D eigenvalue weighted by atomic mass is 16.5. The van der Waals surface area contributed by atoms with Crippen LogP contribution in [0.5, 0.6) is 11.5 Å². The Kier molecular flexibility index (Phi) is 5.95. The minimum Gasteiger partial charge on any atom is -0.490 e. The van der Waals surface area contributed by atoms with Crippen molar-refractivity contribution < 1.29 is 9.47 Å². The molecule has 0 aromatic heterocycles. The van der Waals surface area contributed by atoms with E-state index in [0.717, 1.165) is 29.9 Å². The van der Waals surface area contributed by atoms with Gasteiger partial charge in [-0.2, -0.15) is 5.26 Å². The Balaban J connectivity index is 2.79. The monoisotopic (exact) mass is 233 g/mol. The fourth-order valence-electron chi connectivity index (χ4n) is 1.51. The van der Waals surface area contributed by atoms with Crippen molar-refractivity contribution in [3.8, 4) is 17.6 Å². The van der Waals surface area contributed by atoms with E-state index in [1.807, 2.05) is 25.1 Å². The lowest BCUT2D eigenvalue weighted by molar-refractivity contribution is 0.276. The van der Waals surface area contributed by atoms with Gasteiger partial charge >= 0.3 is 0 Å². The number of hydrogen-bond acceptors (Lipinski definition) is 3. The van der Waals surface area contributed by atoms with Crippen molar-refractivity contribution in [2.45, 2.75) is 33.1 Å². The van der Waals surface area contributed by atoms with Crippen LogP contribution in [0, 0.1) is 11.3 Å². The molecule has 3 heteroatoms. The Bertz CT molecular complexity index is 382. The van der Waals surface area contributed by atoms with E-state index in [9.17, 15) is 0 Å². The van der Waals surface area contributed by atoms with Crippen molar-refractivity contribution in [2.75, 3.05) is 13.2 Å². The molecule has 17 heavy (non-hydrogen) atoms. The Morgan fingerprint density at radius 2 is 2.00 bits per heavy atom. The molecule has 0 fully saturated rings. The summed E-state index contributed by atoms with van der Waals surface area (Å²) in [6.07, 6.45) is 2.26. The summed E-state index contributed by atoms with van der Waals surface area (Å²) in [5, 5.41) is 8.57. The predicted octanol–water partition coefficient (Wildman–Crippen LogP) is 3.33. The van der Waals surface area contributed by atoms with Crippen LogP contribution in [-0.4, -0.2) is 13.2 Å². The first-order valence-corrected chi connectivity index (χ1v) is 6.07. The van der Waals surface area contributed by atoms with E-state index in [4.69, 9.17) is 14.7 Å². The van der Waals surface area contributed by atoms with Gasteiger partial charge in [0.15, 0.2) is 11.5 Å². The smallest absolute Gasteiger partial charge is 0.161 e. The Labute approximate surface area is 103 Å². The molecule has 3 nitrogen and oxygen atoms in total. The molecule has 92 valence electrons. The van der Waals surface area contributed by atoms with Crippen LogP contribution in [0.15, 0.2) is 18.2 Å². The molecule has 0 radical (unpaired) electrons. The van der Waals surface area contributed by atoms with Crippen LogP contribution in [0.3, 0.4) is 0 Å². The Morgan fingerprint density at radius 3 is 2.65 bits per heavy atom. The first-order chi connectivity index (χ1) is 8.31. The van der Waals surface area contributed by atoms with Gasteiger partial charge in [0, 0.05) is 6.42 Å². The number of aryl methyl sites for hydroxylation is 1.